The largest absolute Gasteiger partial charge is 0.444 e. The zero-order valence-electron chi connectivity index (χ0n) is 16.2. The summed E-state index contributed by atoms with van der Waals surface area (Å²) in [7, 11) is 0. The quantitative estimate of drug-likeness (QED) is 0.654. The summed E-state index contributed by atoms with van der Waals surface area (Å²) >= 11 is 0. The molecule has 1 fully saturated rings. The summed E-state index contributed by atoms with van der Waals surface area (Å²) < 4.78 is 5.64. The van der Waals surface area contributed by atoms with E-state index in [-0.39, 0.29) is 0 Å². The van der Waals surface area contributed by atoms with E-state index in [1.54, 1.807) is 6.26 Å². The predicted octanol–water partition coefficient (Wildman–Crippen LogP) is 3.89. The van der Waals surface area contributed by atoms with Crippen molar-refractivity contribution in [2.24, 2.45) is 10.9 Å². The molecule has 3 rings (SSSR count). The van der Waals surface area contributed by atoms with Gasteiger partial charge < -0.3 is 14.6 Å². The van der Waals surface area contributed by atoms with Gasteiger partial charge in [-0.2, -0.15) is 0 Å². The van der Waals surface area contributed by atoms with Crippen LogP contribution in [0.15, 0.2) is 39.9 Å². The van der Waals surface area contributed by atoms with E-state index in [2.05, 4.69) is 48.1 Å². The second kappa shape index (κ2) is 8.88. The van der Waals surface area contributed by atoms with E-state index in [0.717, 1.165) is 49.2 Å². The van der Waals surface area contributed by atoms with Gasteiger partial charge in [-0.1, -0.05) is 24.6 Å². The molecule has 140 valence electrons. The van der Waals surface area contributed by atoms with E-state index in [0.29, 0.717) is 12.4 Å². The minimum Gasteiger partial charge on any atom is -0.444 e. The molecule has 1 saturated heterocycles. The lowest BCUT2D eigenvalue weighted by Crippen LogP contribution is -2.46. The van der Waals surface area contributed by atoms with Crippen LogP contribution in [0.5, 0.6) is 0 Å². The SMILES string of the molecule is CCNC(=NCCc1coc(-c2ccc(C)cc2)n1)N1CCCC(C)C1. The molecule has 5 nitrogen and oxygen atoms in total. The number of piperidine rings is 1. The number of aromatic nitrogens is 1. The number of nitrogens with zero attached hydrogens (tertiary/aromatic N) is 3. The van der Waals surface area contributed by atoms with Gasteiger partial charge in [-0.05, 0) is 44.7 Å². The summed E-state index contributed by atoms with van der Waals surface area (Å²) in [6.07, 6.45) is 5.10. The third-order valence-corrected chi connectivity index (χ3v) is 4.77. The average molecular weight is 354 g/mol. The Bertz CT molecular complexity index is 720. The van der Waals surface area contributed by atoms with Crippen molar-refractivity contribution < 1.29 is 4.42 Å². The second-order valence-corrected chi connectivity index (χ2v) is 7.19. The van der Waals surface area contributed by atoms with Gasteiger partial charge in [0.1, 0.15) is 6.26 Å². The fourth-order valence-electron chi connectivity index (χ4n) is 3.33. The Kier molecular flexibility index (Phi) is 6.31. The lowest BCUT2D eigenvalue weighted by molar-refractivity contribution is 0.266. The Labute approximate surface area is 156 Å². The van der Waals surface area contributed by atoms with Crippen molar-refractivity contribution in [1.29, 1.82) is 0 Å². The molecule has 0 bridgehead atoms. The maximum atomic E-state index is 5.64. The molecule has 1 aliphatic rings. The summed E-state index contributed by atoms with van der Waals surface area (Å²) in [6.45, 7) is 10.3. The molecule has 1 aromatic heterocycles. The Morgan fingerprint density at radius 2 is 2.15 bits per heavy atom. The molecule has 0 amide bonds. The maximum Gasteiger partial charge on any atom is 0.226 e. The van der Waals surface area contributed by atoms with Gasteiger partial charge in [-0.3, -0.25) is 4.99 Å². The molecule has 26 heavy (non-hydrogen) atoms. The van der Waals surface area contributed by atoms with Crippen LogP contribution in [0.4, 0.5) is 0 Å². The van der Waals surface area contributed by atoms with Gasteiger partial charge in [0.25, 0.3) is 0 Å². The monoisotopic (exact) mass is 354 g/mol. The first kappa shape index (κ1) is 18.5. The number of nitrogens with one attached hydrogen (secondary N) is 1. The van der Waals surface area contributed by atoms with Gasteiger partial charge in [0.15, 0.2) is 5.96 Å². The highest BCUT2D eigenvalue weighted by Crippen LogP contribution is 2.19. The Balaban J connectivity index is 1.60. The maximum absolute atomic E-state index is 5.64. The van der Waals surface area contributed by atoms with Crippen molar-refractivity contribution in [2.75, 3.05) is 26.2 Å². The van der Waals surface area contributed by atoms with Gasteiger partial charge >= 0.3 is 0 Å². The third-order valence-electron chi connectivity index (χ3n) is 4.77. The van der Waals surface area contributed by atoms with E-state index in [1.807, 2.05) is 12.1 Å². The van der Waals surface area contributed by atoms with Gasteiger partial charge in [-0.25, -0.2) is 4.98 Å². The predicted molar refractivity (Wildman–Crippen MR) is 106 cm³/mol. The minimum absolute atomic E-state index is 0.681. The average Bonchev–Trinajstić information content (AvgIpc) is 3.10. The molecule has 0 aliphatic carbocycles. The minimum atomic E-state index is 0.681. The second-order valence-electron chi connectivity index (χ2n) is 7.19. The van der Waals surface area contributed by atoms with Crippen LogP contribution in [0.25, 0.3) is 11.5 Å². The van der Waals surface area contributed by atoms with Crippen LogP contribution in [-0.2, 0) is 6.42 Å². The topological polar surface area (TPSA) is 53.7 Å². The number of likely N-dealkylation sites (tertiary alicyclic amines) is 1. The number of aryl methyl sites for hydroxylation is 1. The Hall–Kier alpha value is -2.30. The van der Waals surface area contributed by atoms with Crippen molar-refractivity contribution in [1.82, 2.24) is 15.2 Å². The first-order valence-corrected chi connectivity index (χ1v) is 9.70. The normalized spacial score (nSPS) is 18.2. The molecule has 0 saturated carbocycles. The summed E-state index contributed by atoms with van der Waals surface area (Å²) in [5, 5.41) is 3.43. The van der Waals surface area contributed by atoms with Gasteiger partial charge in [0.2, 0.25) is 5.89 Å². The number of benzene rings is 1. The van der Waals surface area contributed by atoms with Crippen LogP contribution < -0.4 is 5.32 Å². The highest BCUT2D eigenvalue weighted by Gasteiger charge is 2.19. The van der Waals surface area contributed by atoms with E-state index in [9.17, 15) is 0 Å². The molecule has 5 heteroatoms. The van der Waals surface area contributed by atoms with Crippen molar-refractivity contribution in [3.05, 3.63) is 41.8 Å². The van der Waals surface area contributed by atoms with Crippen LogP contribution in [-0.4, -0.2) is 42.0 Å². The first-order chi connectivity index (χ1) is 12.7. The number of oxazole rings is 1. The van der Waals surface area contributed by atoms with Crippen LogP contribution in [0.2, 0.25) is 0 Å². The number of aliphatic imine (C=N–C) groups is 1. The summed E-state index contributed by atoms with van der Waals surface area (Å²) in [6, 6.07) is 8.24. The van der Waals surface area contributed by atoms with Gasteiger partial charge in [0, 0.05) is 38.2 Å². The number of hydrogen-bond acceptors (Lipinski definition) is 3. The molecule has 2 aromatic rings. The fraction of sp³-hybridized carbons (Fsp3) is 0.524. The molecule has 0 radical (unpaired) electrons. The highest BCUT2D eigenvalue weighted by atomic mass is 16.3. The van der Waals surface area contributed by atoms with Gasteiger partial charge in [-0.15, -0.1) is 0 Å². The fourth-order valence-corrected chi connectivity index (χ4v) is 3.33. The number of hydrogen-bond donors (Lipinski definition) is 1. The Morgan fingerprint density at radius 3 is 2.88 bits per heavy atom. The van der Waals surface area contributed by atoms with Crippen LogP contribution in [0, 0.1) is 12.8 Å². The van der Waals surface area contributed by atoms with E-state index in [1.165, 1.54) is 18.4 Å². The first-order valence-electron chi connectivity index (χ1n) is 9.70. The Morgan fingerprint density at radius 1 is 1.35 bits per heavy atom. The van der Waals surface area contributed by atoms with E-state index in [4.69, 9.17) is 9.41 Å². The number of guanidine groups is 1. The lowest BCUT2D eigenvalue weighted by Gasteiger charge is -2.33. The van der Waals surface area contributed by atoms with Crippen LogP contribution >= 0.6 is 0 Å². The zero-order valence-corrected chi connectivity index (χ0v) is 16.2. The molecule has 1 N–H and O–H groups in total. The van der Waals surface area contributed by atoms with Crippen molar-refractivity contribution in [3.63, 3.8) is 0 Å². The summed E-state index contributed by atoms with van der Waals surface area (Å²) in [4.78, 5) is 11.8. The molecule has 1 atom stereocenters. The van der Waals surface area contributed by atoms with E-state index < -0.39 is 0 Å². The van der Waals surface area contributed by atoms with Crippen molar-refractivity contribution >= 4 is 5.96 Å². The summed E-state index contributed by atoms with van der Waals surface area (Å²) in [5.41, 5.74) is 3.20. The van der Waals surface area contributed by atoms with E-state index >= 15 is 0 Å². The summed E-state index contributed by atoms with van der Waals surface area (Å²) in [5.74, 6) is 2.45. The molecule has 1 aliphatic heterocycles. The molecule has 1 unspecified atom stereocenters. The molecule has 2 heterocycles. The van der Waals surface area contributed by atoms with Crippen LogP contribution in [0.1, 0.15) is 37.9 Å². The third kappa shape index (κ3) is 4.87. The van der Waals surface area contributed by atoms with Gasteiger partial charge in [0.05, 0.1) is 5.69 Å². The highest BCUT2D eigenvalue weighted by molar-refractivity contribution is 5.80. The van der Waals surface area contributed by atoms with Crippen molar-refractivity contribution in [3.8, 4) is 11.5 Å². The standard InChI is InChI=1S/C21H30N4O/c1-4-22-21(25-13-5-6-17(3)14-25)23-12-11-19-15-26-20(24-19)18-9-7-16(2)8-10-18/h7-10,15,17H,4-6,11-14H2,1-3H3,(H,22,23). The molecular weight excluding hydrogens is 324 g/mol. The zero-order chi connectivity index (χ0) is 18.4. The smallest absolute Gasteiger partial charge is 0.226 e. The molecule has 0 spiro atoms. The van der Waals surface area contributed by atoms with Crippen LogP contribution in [0.3, 0.4) is 0 Å². The van der Waals surface area contributed by atoms with Crippen molar-refractivity contribution in [2.45, 2.75) is 40.0 Å². The number of rotatable bonds is 5. The lowest BCUT2D eigenvalue weighted by atomic mass is 10.0. The molecular formula is C21H30N4O. The molecule has 1 aromatic carbocycles.